The lowest BCUT2D eigenvalue weighted by molar-refractivity contribution is -0.125. The molecule has 2 unspecified atom stereocenters. The predicted octanol–water partition coefficient (Wildman–Crippen LogP) is 2.88. The van der Waals surface area contributed by atoms with Gasteiger partial charge in [-0.3, -0.25) is 9.59 Å². The minimum atomic E-state index is 0.0183. The molecule has 23 heavy (non-hydrogen) atoms. The molecule has 0 spiro atoms. The zero-order valence-corrected chi connectivity index (χ0v) is 13.8. The molecule has 0 saturated carbocycles. The number of ether oxygens (including phenoxy) is 1. The lowest BCUT2D eigenvalue weighted by Crippen LogP contribution is -2.36. The summed E-state index contributed by atoms with van der Waals surface area (Å²) in [7, 11) is 0. The molecule has 0 aromatic heterocycles. The maximum Gasteiger partial charge on any atom is 0.227 e. The first-order chi connectivity index (χ1) is 11.1. The van der Waals surface area contributed by atoms with Crippen molar-refractivity contribution in [2.45, 2.75) is 39.5 Å². The predicted molar refractivity (Wildman–Crippen MR) is 89.5 cm³/mol. The molecule has 1 fully saturated rings. The summed E-state index contributed by atoms with van der Waals surface area (Å²) in [5.41, 5.74) is 3.81. The molecule has 2 aliphatic heterocycles. The number of fused-ring (bicyclic) bond motifs is 1. The molecule has 3 rings (SSSR count). The molecule has 5 heteroatoms. The summed E-state index contributed by atoms with van der Waals surface area (Å²) in [5.74, 6) is 0.455. The highest BCUT2D eigenvalue weighted by Gasteiger charge is 2.30. The van der Waals surface area contributed by atoms with Gasteiger partial charge in [0.15, 0.2) is 0 Å². The van der Waals surface area contributed by atoms with Gasteiger partial charge in [0, 0.05) is 30.3 Å². The molecule has 0 radical (unpaired) electrons. The van der Waals surface area contributed by atoms with Gasteiger partial charge in [-0.15, -0.1) is 0 Å². The van der Waals surface area contributed by atoms with Crippen molar-refractivity contribution in [2.75, 3.05) is 23.8 Å². The van der Waals surface area contributed by atoms with Gasteiger partial charge in [-0.2, -0.15) is 0 Å². The number of hydrogen-bond donors (Lipinski definition) is 2. The fourth-order valence-corrected chi connectivity index (χ4v) is 3.54. The van der Waals surface area contributed by atoms with Crippen molar-refractivity contribution in [1.29, 1.82) is 0 Å². The van der Waals surface area contributed by atoms with E-state index in [1.807, 2.05) is 19.1 Å². The van der Waals surface area contributed by atoms with Crippen molar-refractivity contribution < 1.29 is 14.3 Å². The highest BCUT2D eigenvalue weighted by Crippen LogP contribution is 2.31. The number of carbonyl (C=O) groups excluding carboxylic acids is 2. The van der Waals surface area contributed by atoms with Crippen molar-refractivity contribution in [3.63, 3.8) is 0 Å². The molecule has 5 nitrogen and oxygen atoms in total. The molecule has 2 N–H and O–H groups in total. The topological polar surface area (TPSA) is 67.4 Å². The van der Waals surface area contributed by atoms with Gasteiger partial charge in [0.1, 0.15) is 0 Å². The van der Waals surface area contributed by atoms with Gasteiger partial charge < -0.3 is 15.4 Å². The van der Waals surface area contributed by atoms with Crippen LogP contribution in [0, 0.1) is 18.8 Å². The van der Waals surface area contributed by atoms with Crippen molar-refractivity contribution in [1.82, 2.24) is 0 Å². The van der Waals surface area contributed by atoms with E-state index in [-0.39, 0.29) is 17.7 Å². The van der Waals surface area contributed by atoms with Gasteiger partial charge in [0.25, 0.3) is 0 Å². The van der Waals surface area contributed by atoms with Crippen LogP contribution in [0.2, 0.25) is 0 Å². The fraction of sp³-hybridized carbons (Fsp3) is 0.556. The second-order valence-electron chi connectivity index (χ2n) is 6.50. The Morgan fingerprint density at radius 3 is 3.00 bits per heavy atom. The van der Waals surface area contributed by atoms with Crippen LogP contribution >= 0.6 is 0 Å². The quantitative estimate of drug-likeness (QED) is 0.901. The lowest BCUT2D eigenvalue weighted by atomic mass is 9.85. The molecule has 1 saturated heterocycles. The zero-order valence-electron chi connectivity index (χ0n) is 13.8. The molecule has 1 aromatic carbocycles. The first kappa shape index (κ1) is 16.0. The van der Waals surface area contributed by atoms with Gasteiger partial charge in [0.2, 0.25) is 11.8 Å². The van der Waals surface area contributed by atoms with Crippen LogP contribution in [0.25, 0.3) is 0 Å². The molecule has 1 aromatic rings. The number of benzene rings is 1. The molecule has 2 aliphatic rings. The Hall–Kier alpha value is -1.88. The highest BCUT2D eigenvalue weighted by molar-refractivity contribution is 5.97. The van der Waals surface area contributed by atoms with E-state index in [2.05, 4.69) is 17.6 Å². The maximum absolute atomic E-state index is 12.6. The average Bonchev–Trinajstić information content (AvgIpc) is 2.55. The summed E-state index contributed by atoms with van der Waals surface area (Å²) in [6.07, 6.45) is 2.96. The van der Waals surface area contributed by atoms with Crippen LogP contribution < -0.4 is 10.6 Å². The maximum atomic E-state index is 12.6. The molecule has 2 atom stereocenters. The minimum absolute atomic E-state index is 0.0183. The molecular weight excluding hydrogens is 292 g/mol. The third kappa shape index (κ3) is 3.39. The van der Waals surface area contributed by atoms with E-state index in [0.717, 1.165) is 41.8 Å². The summed E-state index contributed by atoms with van der Waals surface area (Å²) in [5, 5.41) is 5.99. The van der Waals surface area contributed by atoms with E-state index < -0.39 is 0 Å². The first-order valence-corrected chi connectivity index (χ1v) is 8.40. The van der Waals surface area contributed by atoms with Crippen LogP contribution in [0.15, 0.2) is 12.1 Å². The second-order valence-corrected chi connectivity index (χ2v) is 6.50. The average molecular weight is 316 g/mol. The Labute approximate surface area is 136 Å². The number of carbonyl (C=O) groups is 2. The SMILES string of the molecule is CCC1COCCC1C(=O)Nc1cc(C)c2c(c1)CCC(=O)N2. The van der Waals surface area contributed by atoms with Gasteiger partial charge in [-0.25, -0.2) is 0 Å². The van der Waals surface area contributed by atoms with Gasteiger partial charge in [-0.05, 0) is 48.9 Å². The number of nitrogens with one attached hydrogen (secondary N) is 2. The zero-order chi connectivity index (χ0) is 16.4. The number of amides is 2. The summed E-state index contributed by atoms with van der Waals surface area (Å²) in [4.78, 5) is 24.2. The molecular formula is C18H24N2O3. The lowest BCUT2D eigenvalue weighted by Gasteiger charge is -2.30. The van der Waals surface area contributed by atoms with Crippen LogP contribution in [0.3, 0.4) is 0 Å². The third-order valence-electron chi connectivity index (χ3n) is 4.91. The number of rotatable bonds is 3. The van der Waals surface area contributed by atoms with Crippen molar-refractivity contribution in [3.8, 4) is 0 Å². The summed E-state index contributed by atoms with van der Waals surface area (Å²) >= 11 is 0. The van der Waals surface area contributed by atoms with Gasteiger partial charge >= 0.3 is 0 Å². The number of hydrogen-bond acceptors (Lipinski definition) is 3. The summed E-state index contributed by atoms with van der Waals surface area (Å²) in [6.45, 7) is 5.39. The number of anilines is 2. The second kappa shape index (κ2) is 6.71. The summed E-state index contributed by atoms with van der Waals surface area (Å²) in [6, 6.07) is 3.92. The molecule has 0 bridgehead atoms. The first-order valence-electron chi connectivity index (χ1n) is 8.40. The smallest absolute Gasteiger partial charge is 0.227 e. The number of aryl methyl sites for hydroxylation is 2. The van der Waals surface area contributed by atoms with Crippen LogP contribution in [0.5, 0.6) is 0 Å². The molecule has 0 aliphatic carbocycles. The van der Waals surface area contributed by atoms with Crippen LogP contribution in [-0.4, -0.2) is 25.0 Å². The van der Waals surface area contributed by atoms with E-state index in [9.17, 15) is 9.59 Å². The van der Waals surface area contributed by atoms with E-state index in [1.54, 1.807) is 0 Å². The van der Waals surface area contributed by atoms with Crippen molar-refractivity contribution >= 4 is 23.2 Å². The molecule has 2 amide bonds. The van der Waals surface area contributed by atoms with Crippen LogP contribution in [-0.2, 0) is 20.7 Å². The summed E-state index contributed by atoms with van der Waals surface area (Å²) < 4.78 is 5.49. The van der Waals surface area contributed by atoms with Crippen molar-refractivity contribution in [3.05, 3.63) is 23.3 Å². The van der Waals surface area contributed by atoms with Crippen molar-refractivity contribution in [2.24, 2.45) is 11.8 Å². The largest absolute Gasteiger partial charge is 0.381 e. The fourth-order valence-electron chi connectivity index (χ4n) is 3.54. The minimum Gasteiger partial charge on any atom is -0.381 e. The molecule has 2 heterocycles. The monoisotopic (exact) mass is 316 g/mol. The highest BCUT2D eigenvalue weighted by atomic mass is 16.5. The Morgan fingerprint density at radius 2 is 2.22 bits per heavy atom. The normalized spacial score (nSPS) is 23.8. The van der Waals surface area contributed by atoms with Gasteiger partial charge in [-0.1, -0.05) is 13.3 Å². The van der Waals surface area contributed by atoms with E-state index in [0.29, 0.717) is 25.6 Å². The van der Waals surface area contributed by atoms with E-state index in [4.69, 9.17) is 4.74 Å². The van der Waals surface area contributed by atoms with E-state index >= 15 is 0 Å². The standard InChI is InChI=1S/C18H24N2O3/c1-3-12-10-23-7-6-15(12)18(22)19-14-8-11(2)17-13(9-14)4-5-16(21)20-17/h8-9,12,15H,3-7,10H2,1-2H3,(H,19,22)(H,20,21). The Balaban J connectivity index is 1.76. The third-order valence-corrected chi connectivity index (χ3v) is 4.91. The Kier molecular flexibility index (Phi) is 4.66. The van der Waals surface area contributed by atoms with Crippen LogP contribution in [0.4, 0.5) is 11.4 Å². The Morgan fingerprint density at radius 1 is 1.39 bits per heavy atom. The van der Waals surface area contributed by atoms with Crippen LogP contribution in [0.1, 0.15) is 37.3 Å². The Bertz CT molecular complexity index is 627. The molecule has 124 valence electrons. The van der Waals surface area contributed by atoms with Gasteiger partial charge in [0.05, 0.1) is 6.61 Å². The van der Waals surface area contributed by atoms with E-state index in [1.165, 1.54) is 0 Å².